The van der Waals surface area contributed by atoms with E-state index in [1.54, 1.807) is 4.90 Å². The minimum atomic E-state index is -0.690. The summed E-state index contributed by atoms with van der Waals surface area (Å²) in [4.78, 5) is 21.4. The molecule has 0 radical (unpaired) electrons. The van der Waals surface area contributed by atoms with Gasteiger partial charge >= 0.3 is 0 Å². The standard InChI is InChI=1S/C33H29FN4O2/c34-25-9-12-31(39)28(19-25)32(30-18-23-3-1-2-4-29(23)36-30)38-20-24-6-5-22(17-27(24)33(38)40)21-7-10-26(11-8-21)37-15-13-35-14-16-37/h1-12,17-19,32,35-36,39H,13-16,20H2/t32-/m0/s1. The average Bonchev–Trinajstić information content (AvgIpc) is 3.56. The number of hydrogen-bond acceptors (Lipinski definition) is 4. The Morgan fingerprint density at radius 3 is 2.42 bits per heavy atom. The molecule has 1 aromatic heterocycles. The van der Waals surface area contributed by atoms with Crippen molar-refractivity contribution in [2.45, 2.75) is 12.6 Å². The molecule has 0 unspecified atom stereocenters. The fourth-order valence-electron chi connectivity index (χ4n) is 5.99. The van der Waals surface area contributed by atoms with Crippen molar-refractivity contribution in [3.05, 3.63) is 119 Å². The van der Waals surface area contributed by atoms with Crippen LogP contribution in [0.1, 0.15) is 33.2 Å². The molecule has 1 fully saturated rings. The Morgan fingerprint density at radius 2 is 1.62 bits per heavy atom. The van der Waals surface area contributed by atoms with Crippen LogP contribution in [0.4, 0.5) is 10.1 Å². The summed E-state index contributed by atoms with van der Waals surface area (Å²) in [6, 6.07) is 27.5. The summed E-state index contributed by atoms with van der Waals surface area (Å²) in [6.07, 6.45) is 0. The van der Waals surface area contributed by atoms with Crippen molar-refractivity contribution in [2.24, 2.45) is 0 Å². The van der Waals surface area contributed by atoms with Gasteiger partial charge in [0.05, 0.1) is 0 Å². The van der Waals surface area contributed by atoms with E-state index in [4.69, 9.17) is 0 Å². The van der Waals surface area contributed by atoms with Gasteiger partial charge in [0.2, 0.25) is 0 Å². The zero-order chi connectivity index (χ0) is 27.2. The van der Waals surface area contributed by atoms with Crippen molar-refractivity contribution >= 4 is 22.5 Å². The Kier molecular flexibility index (Phi) is 6.01. The van der Waals surface area contributed by atoms with Crippen molar-refractivity contribution in [1.82, 2.24) is 15.2 Å². The molecular weight excluding hydrogens is 503 g/mol. The maximum atomic E-state index is 14.4. The van der Waals surface area contributed by atoms with Gasteiger partial charge in [0.25, 0.3) is 5.91 Å². The van der Waals surface area contributed by atoms with Gasteiger partial charge in [-0.2, -0.15) is 0 Å². The van der Waals surface area contributed by atoms with Gasteiger partial charge in [-0.15, -0.1) is 0 Å². The lowest BCUT2D eigenvalue weighted by molar-refractivity contribution is 0.0726. The molecule has 200 valence electrons. The maximum absolute atomic E-state index is 14.4. The predicted octanol–water partition coefficient (Wildman–Crippen LogP) is 5.83. The Labute approximate surface area is 231 Å². The van der Waals surface area contributed by atoms with E-state index >= 15 is 0 Å². The van der Waals surface area contributed by atoms with Crippen molar-refractivity contribution in [2.75, 3.05) is 31.1 Å². The number of piperazine rings is 1. The molecule has 4 aromatic carbocycles. The molecule has 3 N–H and O–H groups in total. The highest BCUT2D eigenvalue weighted by molar-refractivity contribution is 6.00. The van der Waals surface area contributed by atoms with E-state index in [0.717, 1.165) is 53.8 Å². The first-order valence-corrected chi connectivity index (χ1v) is 13.6. The molecule has 0 aliphatic carbocycles. The number of nitrogens with one attached hydrogen (secondary N) is 2. The summed E-state index contributed by atoms with van der Waals surface area (Å²) in [5.41, 5.74) is 6.71. The number of carbonyl (C=O) groups excluding carboxylic acids is 1. The van der Waals surface area contributed by atoms with E-state index in [9.17, 15) is 14.3 Å². The first-order valence-electron chi connectivity index (χ1n) is 13.6. The smallest absolute Gasteiger partial charge is 0.255 e. The van der Waals surface area contributed by atoms with Gasteiger partial charge in [0.1, 0.15) is 17.6 Å². The van der Waals surface area contributed by atoms with Gasteiger partial charge in [0, 0.05) is 60.7 Å². The molecule has 3 heterocycles. The number of amides is 1. The molecule has 1 saturated heterocycles. The van der Waals surface area contributed by atoms with E-state index < -0.39 is 11.9 Å². The number of aromatic hydroxyl groups is 1. The number of para-hydroxylation sites is 1. The Balaban J connectivity index is 1.24. The molecule has 1 amide bonds. The zero-order valence-corrected chi connectivity index (χ0v) is 21.9. The molecule has 1 atom stereocenters. The number of fused-ring (bicyclic) bond motifs is 2. The molecule has 0 saturated carbocycles. The van der Waals surface area contributed by atoms with E-state index in [1.807, 2.05) is 48.5 Å². The first kappa shape index (κ1) is 24.4. The SMILES string of the molecule is O=C1c2cc(-c3ccc(N4CCNCC4)cc3)ccc2CN1[C@H](c1cc2ccccc2[nH]1)c1cc(F)ccc1O. The van der Waals surface area contributed by atoms with Crippen LogP contribution in [0, 0.1) is 5.82 Å². The number of carbonyl (C=O) groups is 1. The van der Waals surface area contributed by atoms with Gasteiger partial charge in [-0.25, -0.2) is 4.39 Å². The molecule has 7 heteroatoms. The van der Waals surface area contributed by atoms with Crippen molar-refractivity contribution in [3.63, 3.8) is 0 Å². The minimum absolute atomic E-state index is 0.0564. The van der Waals surface area contributed by atoms with E-state index in [1.165, 1.54) is 23.9 Å². The summed E-state index contributed by atoms with van der Waals surface area (Å²) in [7, 11) is 0. The fraction of sp³-hybridized carbons (Fsp3) is 0.182. The monoisotopic (exact) mass is 532 g/mol. The zero-order valence-electron chi connectivity index (χ0n) is 21.9. The molecule has 7 rings (SSSR count). The van der Waals surface area contributed by atoms with Gasteiger partial charge in [-0.05, 0) is 70.6 Å². The van der Waals surface area contributed by atoms with Crippen molar-refractivity contribution in [3.8, 4) is 16.9 Å². The second-order valence-corrected chi connectivity index (χ2v) is 10.5. The Morgan fingerprint density at radius 1 is 0.850 bits per heavy atom. The first-order chi connectivity index (χ1) is 19.5. The third-order valence-electron chi connectivity index (χ3n) is 8.07. The number of rotatable bonds is 5. The van der Waals surface area contributed by atoms with E-state index in [2.05, 4.69) is 39.5 Å². The Bertz CT molecular complexity index is 1690. The number of benzene rings is 4. The Hall–Kier alpha value is -4.62. The third kappa shape index (κ3) is 4.28. The fourth-order valence-corrected chi connectivity index (χ4v) is 5.99. The van der Waals surface area contributed by atoms with Gasteiger partial charge in [-0.3, -0.25) is 4.79 Å². The van der Waals surface area contributed by atoms with Crippen LogP contribution < -0.4 is 10.2 Å². The largest absolute Gasteiger partial charge is 0.508 e. The highest BCUT2D eigenvalue weighted by atomic mass is 19.1. The number of hydrogen-bond donors (Lipinski definition) is 3. The number of phenolic OH excluding ortho intramolecular Hbond substituents is 1. The second kappa shape index (κ2) is 9.84. The van der Waals surface area contributed by atoms with Gasteiger partial charge in [0.15, 0.2) is 0 Å². The molecule has 0 spiro atoms. The van der Waals surface area contributed by atoms with Crippen molar-refractivity contribution < 1.29 is 14.3 Å². The quantitative estimate of drug-likeness (QED) is 0.266. The number of H-pyrrole nitrogens is 1. The van der Waals surface area contributed by atoms with Crippen LogP contribution in [0.2, 0.25) is 0 Å². The number of aromatic amines is 1. The molecule has 40 heavy (non-hydrogen) atoms. The summed E-state index contributed by atoms with van der Waals surface area (Å²) < 4.78 is 14.4. The van der Waals surface area contributed by atoms with Crippen LogP contribution >= 0.6 is 0 Å². The van der Waals surface area contributed by atoms with Gasteiger partial charge in [-0.1, -0.05) is 42.5 Å². The summed E-state index contributed by atoms with van der Waals surface area (Å²) in [5, 5.41) is 15.2. The van der Waals surface area contributed by atoms with Crippen LogP contribution in [0.15, 0.2) is 91.0 Å². The maximum Gasteiger partial charge on any atom is 0.255 e. The molecular formula is C33H29FN4O2. The lowest BCUT2D eigenvalue weighted by Crippen LogP contribution is -2.43. The molecule has 2 aliphatic heterocycles. The lowest BCUT2D eigenvalue weighted by atomic mass is 10.00. The summed E-state index contributed by atoms with van der Waals surface area (Å²) in [5.74, 6) is -0.676. The number of phenols is 1. The highest BCUT2D eigenvalue weighted by Gasteiger charge is 2.37. The third-order valence-corrected chi connectivity index (χ3v) is 8.07. The summed E-state index contributed by atoms with van der Waals surface area (Å²) >= 11 is 0. The lowest BCUT2D eigenvalue weighted by Gasteiger charge is -2.29. The molecule has 2 aliphatic rings. The minimum Gasteiger partial charge on any atom is -0.508 e. The van der Waals surface area contributed by atoms with Crippen LogP contribution in [-0.4, -0.2) is 47.1 Å². The second-order valence-electron chi connectivity index (χ2n) is 10.5. The van der Waals surface area contributed by atoms with Crippen molar-refractivity contribution in [1.29, 1.82) is 0 Å². The normalized spacial score (nSPS) is 16.0. The van der Waals surface area contributed by atoms with Crippen LogP contribution in [0.5, 0.6) is 5.75 Å². The van der Waals surface area contributed by atoms with Crippen LogP contribution in [-0.2, 0) is 6.54 Å². The van der Waals surface area contributed by atoms with E-state index in [0.29, 0.717) is 23.4 Å². The number of nitrogens with zero attached hydrogens (tertiary/aromatic N) is 2. The van der Waals surface area contributed by atoms with E-state index in [-0.39, 0.29) is 11.7 Å². The molecule has 6 nitrogen and oxygen atoms in total. The van der Waals surface area contributed by atoms with Crippen LogP contribution in [0.3, 0.4) is 0 Å². The van der Waals surface area contributed by atoms with Gasteiger partial charge < -0.3 is 25.2 Å². The summed E-state index contributed by atoms with van der Waals surface area (Å²) in [6.45, 7) is 4.30. The average molecular weight is 533 g/mol. The number of anilines is 1. The molecule has 0 bridgehead atoms. The number of aromatic nitrogens is 1. The number of halogens is 1. The topological polar surface area (TPSA) is 71.6 Å². The predicted molar refractivity (Wildman–Crippen MR) is 155 cm³/mol. The van der Waals surface area contributed by atoms with Crippen LogP contribution in [0.25, 0.3) is 22.0 Å². The highest BCUT2D eigenvalue weighted by Crippen LogP contribution is 2.41. The molecule has 5 aromatic rings.